The van der Waals surface area contributed by atoms with Crippen LogP contribution < -0.4 is 11.1 Å². The Bertz CT molecular complexity index is 416. The second-order valence-corrected chi connectivity index (χ2v) is 4.68. The maximum Gasteiger partial charge on any atom is 0.234 e. The molecule has 1 aromatic rings. The zero-order valence-corrected chi connectivity index (χ0v) is 9.82. The molecule has 3 N–H and O–H groups in total. The van der Waals surface area contributed by atoms with Gasteiger partial charge in [-0.05, 0) is 37.3 Å². The van der Waals surface area contributed by atoms with Crippen LogP contribution in [0.1, 0.15) is 31.2 Å². The molecule has 1 amide bonds. The van der Waals surface area contributed by atoms with Gasteiger partial charge in [-0.25, -0.2) is 4.39 Å². The maximum absolute atomic E-state index is 13.5. The third-order valence-electron chi connectivity index (χ3n) is 3.40. The van der Waals surface area contributed by atoms with Crippen LogP contribution in [0.25, 0.3) is 0 Å². The molecule has 1 saturated carbocycles. The van der Waals surface area contributed by atoms with Crippen LogP contribution in [-0.4, -0.2) is 18.0 Å². The van der Waals surface area contributed by atoms with Crippen molar-refractivity contribution in [2.75, 3.05) is 0 Å². The summed E-state index contributed by atoms with van der Waals surface area (Å²) in [5.74, 6) is -0.230. The minimum absolute atomic E-state index is 0.140. The predicted octanol–water partition coefficient (Wildman–Crippen LogP) is 1.54. The number of primary amides is 1. The van der Waals surface area contributed by atoms with Crippen LogP contribution in [0.2, 0.25) is 0 Å². The van der Waals surface area contributed by atoms with E-state index in [1.807, 2.05) is 12.1 Å². The molecule has 1 unspecified atom stereocenters. The second kappa shape index (κ2) is 4.84. The Morgan fingerprint density at radius 2 is 2.12 bits per heavy atom. The number of halogens is 1. The first kappa shape index (κ1) is 12.0. The van der Waals surface area contributed by atoms with Gasteiger partial charge in [0.05, 0.1) is 6.04 Å². The minimum atomic E-state index is -0.348. The van der Waals surface area contributed by atoms with Gasteiger partial charge in [0.1, 0.15) is 5.82 Å². The molecule has 0 radical (unpaired) electrons. The van der Waals surface area contributed by atoms with E-state index in [1.54, 1.807) is 13.0 Å². The van der Waals surface area contributed by atoms with Crippen molar-refractivity contribution in [3.05, 3.63) is 35.6 Å². The second-order valence-electron chi connectivity index (χ2n) is 4.68. The summed E-state index contributed by atoms with van der Waals surface area (Å²) in [6.07, 6.45) is 1.72. The number of benzene rings is 1. The summed E-state index contributed by atoms with van der Waals surface area (Å²) in [5, 5.41) is 3.14. The molecule has 92 valence electrons. The molecule has 1 aromatic carbocycles. The molecule has 0 saturated heterocycles. The van der Waals surface area contributed by atoms with Crippen LogP contribution in [0.4, 0.5) is 4.39 Å². The zero-order chi connectivity index (χ0) is 12.4. The fraction of sp³-hybridized carbons (Fsp3) is 0.462. The van der Waals surface area contributed by atoms with Gasteiger partial charge >= 0.3 is 0 Å². The van der Waals surface area contributed by atoms with Gasteiger partial charge < -0.3 is 11.1 Å². The van der Waals surface area contributed by atoms with E-state index in [9.17, 15) is 9.18 Å². The topological polar surface area (TPSA) is 55.1 Å². The van der Waals surface area contributed by atoms with Crippen molar-refractivity contribution in [2.45, 2.75) is 37.8 Å². The van der Waals surface area contributed by atoms with Crippen molar-refractivity contribution in [2.24, 2.45) is 5.73 Å². The predicted molar refractivity (Wildman–Crippen MR) is 64.0 cm³/mol. The Morgan fingerprint density at radius 1 is 1.47 bits per heavy atom. The Labute approximate surface area is 100 Å². The first-order valence-corrected chi connectivity index (χ1v) is 5.87. The van der Waals surface area contributed by atoms with Gasteiger partial charge in [-0.3, -0.25) is 4.79 Å². The van der Waals surface area contributed by atoms with Gasteiger partial charge in [-0.1, -0.05) is 18.2 Å². The number of hydrogen-bond donors (Lipinski definition) is 2. The van der Waals surface area contributed by atoms with Crippen LogP contribution in [0.5, 0.6) is 0 Å². The number of carbonyl (C=O) groups excluding carboxylic acids is 1. The zero-order valence-electron chi connectivity index (χ0n) is 9.82. The Hall–Kier alpha value is -1.42. The van der Waals surface area contributed by atoms with Gasteiger partial charge in [0.25, 0.3) is 0 Å². The molecule has 1 fully saturated rings. The smallest absolute Gasteiger partial charge is 0.234 e. The first-order chi connectivity index (χ1) is 8.08. The average molecular weight is 236 g/mol. The summed E-state index contributed by atoms with van der Waals surface area (Å²) >= 11 is 0. The van der Waals surface area contributed by atoms with E-state index in [0.717, 1.165) is 18.4 Å². The highest BCUT2D eigenvalue weighted by Crippen LogP contribution is 2.38. The van der Waals surface area contributed by atoms with E-state index in [4.69, 9.17) is 5.73 Å². The highest BCUT2D eigenvalue weighted by Gasteiger charge is 2.32. The van der Waals surface area contributed by atoms with Gasteiger partial charge in [-0.15, -0.1) is 0 Å². The molecule has 0 heterocycles. The maximum atomic E-state index is 13.5. The van der Waals surface area contributed by atoms with E-state index in [1.165, 1.54) is 6.07 Å². The van der Waals surface area contributed by atoms with Crippen LogP contribution in [0, 0.1) is 5.82 Å². The summed E-state index contributed by atoms with van der Waals surface area (Å²) in [5.41, 5.74) is 5.95. The summed E-state index contributed by atoms with van der Waals surface area (Å²) in [6.45, 7) is 1.75. The summed E-state index contributed by atoms with van der Waals surface area (Å²) in [6, 6.07) is 6.81. The van der Waals surface area contributed by atoms with Gasteiger partial charge in [0, 0.05) is 6.04 Å². The van der Waals surface area contributed by atoms with E-state index < -0.39 is 0 Å². The van der Waals surface area contributed by atoms with Crippen molar-refractivity contribution in [1.82, 2.24) is 5.32 Å². The average Bonchev–Trinajstić information content (AvgIpc) is 2.24. The lowest BCUT2D eigenvalue weighted by molar-refractivity contribution is -0.120. The third kappa shape index (κ3) is 2.64. The SMILES string of the molecule is CC(NC1CC(c2ccccc2F)C1)C(N)=O. The van der Waals surface area contributed by atoms with Crippen molar-refractivity contribution < 1.29 is 9.18 Å². The van der Waals surface area contributed by atoms with Gasteiger partial charge in [0.2, 0.25) is 5.91 Å². The first-order valence-electron chi connectivity index (χ1n) is 5.87. The lowest BCUT2D eigenvalue weighted by Gasteiger charge is -2.37. The number of amides is 1. The van der Waals surface area contributed by atoms with E-state index >= 15 is 0 Å². The van der Waals surface area contributed by atoms with Crippen LogP contribution >= 0.6 is 0 Å². The fourth-order valence-corrected chi connectivity index (χ4v) is 2.25. The Balaban J connectivity index is 1.87. The molecule has 0 aromatic heterocycles. The molecule has 1 aliphatic carbocycles. The highest BCUT2D eigenvalue weighted by molar-refractivity contribution is 5.79. The Morgan fingerprint density at radius 3 is 2.71 bits per heavy atom. The minimum Gasteiger partial charge on any atom is -0.368 e. The van der Waals surface area contributed by atoms with E-state index in [2.05, 4.69) is 5.32 Å². The molecular weight excluding hydrogens is 219 g/mol. The van der Waals surface area contributed by atoms with Crippen molar-refractivity contribution in [1.29, 1.82) is 0 Å². The number of nitrogens with one attached hydrogen (secondary N) is 1. The monoisotopic (exact) mass is 236 g/mol. The summed E-state index contributed by atoms with van der Waals surface area (Å²) in [7, 11) is 0. The molecule has 1 aliphatic rings. The molecular formula is C13H17FN2O. The Kier molecular flexibility index (Phi) is 3.43. The molecule has 3 nitrogen and oxygen atoms in total. The van der Waals surface area contributed by atoms with Gasteiger partial charge in [-0.2, -0.15) is 0 Å². The van der Waals surface area contributed by atoms with Crippen molar-refractivity contribution in [3.8, 4) is 0 Å². The number of hydrogen-bond acceptors (Lipinski definition) is 2. The van der Waals surface area contributed by atoms with Crippen molar-refractivity contribution in [3.63, 3.8) is 0 Å². The number of carbonyl (C=O) groups is 1. The molecule has 17 heavy (non-hydrogen) atoms. The molecule has 0 spiro atoms. The van der Waals surface area contributed by atoms with Crippen molar-refractivity contribution >= 4 is 5.91 Å². The highest BCUT2D eigenvalue weighted by atomic mass is 19.1. The third-order valence-corrected chi connectivity index (χ3v) is 3.40. The normalized spacial score (nSPS) is 25.1. The van der Waals surface area contributed by atoms with E-state index in [0.29, 0.717) is 0 Å². The standard InChI is InChI=1S/C13H17FN2O/c1-8(13(15)17)16-10-6-9(7-10)11-4-2-3-5-12(11)14/h2-5,8-10,16H,6-7H2,1H3,(H2,15,17). The van der Waals surface area contributed by atoms with Crippen LogP contribution in [0.3, 0.4) is 0 Å². The van der Waals surface area contributed by atoms with Gasteiger partial charge in [0.15, 0.2) is 0 Å². The largest absolute Gasteiger partial charge is 0.368 e. The van der Waals surface area contributed by atoms with Crippen LogP contribution in [-0.2, 0) is 4.79 Å². The van der Waals surface area contributed by atoms with Crippen LogP contribution in [0.15, 0.2) is 24.3 Å². The quantitative estimate of drug-likeness (QED) is 0.833. The fourth-order valence-electron chi connectivity index (χ4n) is 2.25. The number of rotatable bonds is 4. The summed E-state index contributed by atoms with van der Waals surface area (Å²) in [4.78, 5) is 10.9. The molecule has 2 rings (SSSR count). The molecule has 1 atom stereocenters. The lowest BCUT2D eigenvalue weighted by Crippen LogP contribution is -2.49. The number of nitrogens with two attached hydrogens (primary N) is 1. The molecule has 0 bridgehead atoms. The molecule has 0 aliphatic heterocycles. The van der Waals surface area contributed by atoms with E-state index in [-0.39, 0.29) is 29.7 Å². The lowest BCUT2D eigenvalue weighted by atomic mass is 9.75. The molecule has 4 heteroatoms. The summed E-state index contributed by atoms with van der Waals surface area (Å²) < 4.78 is 13.5.